The molecule has 0 saturated heterocycles. The van der Waals surface area contributed by atoms with Gasteiger partial charge in [0.05, 0.1) is 23.5 Å². The number of hydrogen-bond donors (Lipinski definition) is 2. The second-order valence-corrected chi connectivity index (χ2v) is 7.55. The largest absolute Gasteiger partial charge is 0.478 e. The minimum absolute atomic E-state index is 0.0682. The Morgan fingerprint density at radius 2 is 1.39 bits per heavy atom. The van der Waals surface area contributed by atoms with Crippen molar-refractivity contribution in [3.8, 4) is 5.69 Å². The van der Waals surface area contributed by atoms with Crippen LogP contribution in [0.3, 0.4) is 0 Å². The Morgan fingerprint density at radius 3 is 1.84 bits per heavy atom. The molecule has 1 aliphatic rings. The molecule has 4 rings (SSSR count). The summed E-state index contributed by atoms with van der Waals surface area (Å²) in [6.07, 6.45) is 6.33. The number of hydrogen-bond acceptors (Lipinski definition) is 6. The van der Waals surface area contributed by atoms with Gasteiger partial charge in [-0.3, -0.25) is 9.98 Å². The molecule has 0 radical (unpaired) electrons. The zero-order valence-corrected chi connectivity index (χ0v) is 19.2. The van der Waals surface area contributed by atoms with Gasteiger partial charge in [-0.05, 0) is 59.0 Å². The molecule has 3 aromatic rings. The Labute approximate surface area is 200 Å². The second-order valence-electron chi connectivity index (χ2n) is 5.52. The van der Waals surface area contributed by atoms with Crippen LogP contribution in [-0.4, -0.2) is 56.2 Å². The number of carboxylic acids is 2. The summed E-state index contributed by atoms with van der Waals surface area (Å²) >= 11 is 13.3. The van der Waals surface area contributed by atoms with Crippen LogP contribution in [0.2, 0.25) is 10.0 Å². The molecule has 0 aliphatic carbocycles. The van der Waals surface area contributed by atoms with Gasteiger partial charge in [-0.15, -0.1) is 0 Å². The van der Waals surface area contributed by atoms with Crippen LogP contribution in [0.25, 0.3) is 5.69 Å². The molecule has 0 atom stereocenters. The summed E-state index contributed by atoms with van der Waals surface area (Å²) in [4.78, 5) is 30.2. The van der Waals surface area contributed by atoms with Crippen LogP contribution in [-0.2, 0) is 0 Å². The quantitative estimate of drug-likeness (QED) is 0.448. The number of rotatable bonds is 3. The van der Waals surface area contributed by atoms with E-state index in [2.05, 4.69) is 20.2 Å². The van der Waals surface area contributed by atoms with Crippen molar-refractivity contribution >= 4 is 70.2 Å². The van der Waals surface area contributed by atoms with E-state index in [9.17, 15) is 9.59 Å². The molecule has 0 saturated carbocycles. The van der Waals surface area contributed by atoms with Crippen molar-refractivity contribution in [1.29, 1.82) is 0 Å². The molecule has 0 amide bonds. The topological polar surface area (TPSA) is 130 Å². The van der Waals surface area contributed by atoms with Crippen LogP contribution in [0.15, 0.2) is 58.8 Å². The van der Waals surface area contributed by atoms with Gasteiger partial charge >= 0.3 is 11.9 Å². The molecule has 31 heavy (non-hydrogen) atoms. The normalized spacial score (nSPS) is 11.2. The van der Waals surface area contributed by atoms with Gasteiger partial charge in [-0.2, -0.15) is 15.0 Å². The second kappa shape index (κ2) is 12.1. The Kier molecular flexibility index (Phi) is 9.56. The standard InChI is InChI=1S/C9H6ClN3O2.C7H4ClIO2.C3H4N2/c10-6-1-2-8(7(5-6)9(14)15)13-11-3-4-12-13;8-4-1-2-6(9)5(3-4)7(10)11;1-2-5-3-4-1/h1-5H,(H,14,15);1-3H,(H,10,11);1-2H,3H2. The monoisotopic (exact) mass is 573 g/mol. The highest BCUT2D eigenvalue weighted by Gasteiger charge is 2.13. The molecule has 12 heteroatoms. The maximum Gasteiger partial charge on any atom is 0.338 e. The van der Waals surface area contributed by atoms with E-state index in [1.807, 2.05) is 22.6 Å². The first-order valence-corrected chi connectivity index (χ1v) is 10.2. The minimum atomic E-state index is -1.06. The maximum absolute atomic E-state index is 10.9. The lowest BCUT2D eigenvalue weighted by molar-refractivity contribution is 0.0685. The number of aromatic nitrogens is 3. The van der Waals surface area contributed by atoms with Gasteiger partial charge in [0, 0.05) is 26.0 Å². The molecule has 9 nitrogen and oxygen atoms in total. The Hall–Kier alpha value is -2.83. The maximum atomic E-state index is 10.9. The number of halogens is 3. The fourth-order valence-corrected chi connectivity index (χ4v) is 3.00. The lowest BCUT2D eigenvalue weighted by Crippen LogP contribution is -2.07. The van der Waals surface area contributed by atoms with Gasteiger partial charge in [-0.1, -0.05) is 23.2 Å². The van der Waals surface area contributed by atoms with Crippen molar-refractivity contribution in [2.75, 3.05) is 6.67 Å². The predicted octanol–water partition coefficient (Wildman–Crippen LogP) is 4.36. The van der Waals surface area contributed by atoms with Crippen molar-refractivity contribution in [3.05, 3.63) is 73.5 Å². The van der Waals surface area contributed by atoms with E-state index in [4.69, 9.17) is 33.4 Å². The first kappa shape index (κ1) is 24.4. The summed E-state index contributed by atoms with van der Waals surface area (Å²) in [6.45, 7) is 0.639. The van der Waals surface area contributed by atoms with E-state index in [0.29, 0.717) is 26.0 Å². The van der Waals surface area contributed by atoms with Gasteiger partial charge in [0.1, 0.15) is 12.4 Å². The smallest absolute Gasteiger partial charge is 0.338 e. The first-order valence-electron chi connectivity index (χ1n) is 8.35. The van der Waals surface area contributed by atoms with Crippen molar-refractivity contribution in [2.24, 2.45) is 9.98 Å². The summed E-state index contributed by atoms with van der Waals surface area (Å²) in [7, 11) is 0. The summed E-state index contributed by atoms with van der Waals surface area (Å²) in [6, 6.07) is 9.29. The molecule has 1 aliphatic heterocycles. The van der Waals surface area contributed by atoms with Crippen molar-refractivity contribution in [3.63, 3.8) is 0 Å². The van der Waals surface area contributed by atoms with Gasteiger partial charge in [0.2, 0.25) is 0 Å². The number of aromatic carboxylic acids is 2. The molecule has 2 aromatic carbocycles. The summed E-state index contributed by atoms with van der Waals surface area (Å²) < 4.78 is 0.694. The average Bonchev–Trinajstić information content (AvgIpc) is 3.47. The Bertz CT molecular complexity index is 1110. The molecule has 0 fully saturated rings. The number of carbonyl (C=O) groups is 2. The molecule has 2 heterocycles. The van der Waals surface area contributed by atoms with Crippen LogP contribution in [0.4, 0.5) is 0 Å². The van der Waals surface area contributed by atoms with Crippen molar-refractivity contribution in [1.82, 2.24) is 15.0 Å². The molecule has 0 spiro atoms. The summed E-state index contributed by atoms with van der Waals surface area (Å²) in [5.41, 5.74) is 0.703. The summed E-state index contributed by atoms with van der Waals surface area (Å²) in [5, 5.41) is 26.1. The zero-order chi connectivity index (χ0) is 22.8. The molecule has 160 valence electrons. The fraction of sp³-hybridized carbons (Fsp3) is 0.0526. The SMILES string of the molecule is C1=NCN=C1.O=C(O)c1cc(Cl)ccc1-n1nccn1.O=C(O)c1cc(Cl)ccc1I. The van der Waals surface area contributed by atoms with E-state index in [-0.39, 0.29) is 11.1 Å². The molecule has 1 aromatic heterocycles. The third kappa shape index (κ3) is 7.74. The van der Waals surface area contributed by atoms with Crippen molar-refractivity contribution < 1.29 is 19.8 Å². The van der Waals surface area contributed by atoms with Crippen LogP contribution >= 0.6 is 45.8 Å². The molecule has 0 unspecified atom stereocenters. The van der Waals surface area contributed by atoms with Gasteiger partial charge in [0.25, 0.3) is 0 Å². The number of carboxylic acid groups (broad SMARTS) is 2. The van der Waals surface area contributed by atoms with E-state index >= 15 is 0 Å². The number of benzene rings is 2. The fourth-order valence-electron chi connectivity index (χ4n) is 2.09. The molecular formula is C19H14Cl2IN5O4. The van der Waals surface area contributed by atoms with E-state index in [1.165, 1.54) is 29.3 Å². The number of aliphatic imine (C=N–C) groups is 2. The van der Waals surface area contributed by atoms with Crippen LogP contribution in [0, 0.1) is 3.57 Å². The first-order chi connectivity index (χ1) is 14.8. The average molecular weight is 574 g/mol. The van der Waals surface area contributed by atoms with E-state index in [0.717, 1.165) is 0 Å². The Balaban J connectivity index is 0.000000186. The molecular weight excluding hydrogens is 560 g/mol. The van der Waals surface area contributed by atoms with Crippen LogP contribution < -0.4 is 0 Å². The van der Waals surface area contributed by atoms with Gasteiger partial charge < -0.3 is 10.2 Å². The third-order valence-electron chi connectivity index (χ3n) is 3.42. The zero-order valence-electron chi connectivity index (χ0n) is 15.6. The minimum Gasteiger partial charge on any atom is -0.478 e. The number of nitrogens with zero attached hydrogens (tertiary/aromatic N) is 5. The van der Waals surface area contributed by atoms with E-state index in [1.54, 1.807) is 36.7 Å². The van der Waals surface area contributed by atoms with Crippen LogP contribution in [0.5, 0.6) is 0 Å². The molecule has 0 bridgehead atoms. The summed E-state index contributed by atoms with van der Waals surface area (Å²) in [5.74, 6) is -2.01. The highest BCUT2D eigenvalue weighted by atomic mass is 127. The van der Waals surface area contributed by atoms with Crippen LogP contribution in [0.1, 0.15) is 20.7 Å². The predicted molar refractivity (Wildman–Crippen MR) is 126 cm³/mol. The van der Waals surface area contributed by atoms with Gasteiger partial charge in [-0.25, -0.2) is 9.59 Å². The lowest BCUT2D eigenvalue weighted by Gasteiger charge is -2.04. The highest BCUT2D eigenvalue weighted by Crippen LogP contribution is 2.19. The molecule has 2 N–H and O–H groups in total. The third-order valence-corrected chi connectivity index (χ3v) is 4.83. The highest BCUT2D eigenvalue weighted by molar-refractivity contribution is 14.1. The lowest BCUT2D eigenvalue weighted by atomic mass is 10.2. The Morgan fingerprint density at radius 1 is 0.871 bits per heavy atom. The van der Waals surface area contributed by atoms with E-state index < -0.39 is 11.9 Å². The van der Waals surface area contributed by atoms with Crippen molar-refractivity contribution in [2.45, 2.75) is 0 Å². The van der Waals surface area contributed by atoms with Gasteiger partial charge in [0.15, 0.2) is 0 Å².